The third kappa shape index (κ3) is 4.77. The van der Waals surface area contributed by atoms with Gasteiger partial charge in [0.15, 0.2) is 0 Å². The molecule has 0 aromatic heterocycles. The minimum absolute atomic E-state index is 0.122. The maximum absolute atomic E-state index is 12.3. The van der Waals surface area contributed by atoms with Gasteiger partial charge in [-0.2, -0.15) is 11.8 Å². The number of carbonyl (C=O) groups is 1. The number of nitrogens with zero attached hydrogens (tertiary/aromatic N) is 3. The fourth-order valence-electron chi connectivity index (χ4n) is 2.87. The molecule has 0 aliphatic carbocycles. The van der Waals surface area contributed by atoms with Gasteiger partial charge in [-0.3, -0.25) is 25.0 Å². The number of amides is 1. The molecule has 0 radical (unpaired) electrons. The predicted molar refractivity (Wildman–Crippen MR) is 107 cm³/mol. The first-order valence-corrected chi connectivity index (χ1v) is 9.73. The number of hydrogen-bond donors (Lipinski definition) is 1. The number of benzene rings is 2. The lowest BCUT2D eigenvalue weighted by atomic mass is 10.1. The molecule has 1 aliphatic rings. The van der Waals surface area contributed by atoms with Crippen LogP contribution in [0.2, 0.25) is 0 Å². The van der Waals surface area contributed by atoms with E-state index in [0.717, 1.165) is 54.0 Å². The maximum Gasteiger partial charge on any atom is 0.277 e. The summed E-state index contributed by atoms with van der Waals surface area (Å²) in [7, 11) is 0. The number of rotatable bonds is 6. The van der Waals surface area contributed by atoms with Crippen molar-refractivity contribution >= 4 is 34.7 Å². The second-order valence-corrected chi connectivity index (χ2v) is 7.43. The van der Waals surface area contributed by atoms with Crippen LogP contribution < -0.4 is 10.2 Å². The molecule has 1 N–H and O–H groups in total. The molecule has 1 aliphatic heterocycles. The Hall–Kier alpha value is -3.14. The quantitative estimate of drug-likeness (QED) is 0.583. The average Bonchev–Trinajstić information content (AvgIpc) is 2.72. The van der Waals surface area contributed by atoms with Gasteiger partial charge in [-0.05, 0) is 17.7 Å². The van der Waals surface area contributed by atoms with Crippen molar-refractivity contribution in [3.63, 3.8) is 0 Å². The molecule has 1 saturated heterocycles. The van der Waals surface area contributed by atoms with E-state index in [2.05, 4.69) is 10.2 Å². The van der Waals surface area contributed by atoms with Crippen LogP contribution in [0.25, 0.3) is 0 Å². The van der Waals surface area contributed by atoms with Crippen LogP contribution in [0.1, 0.15) is 15.9 Å². The van der Waals surface area contributed by atoms with Crippen molar-refractivity contribution in [2.45, 2.75) is 6.54 Å². The third-order valence-electron chi connectivity index (χ3n) is 4.35. The first-order valence-electron chi connectivity index (χ1n) is 8.58. The number of carbonyl (C=O) groups excluding carboxylic acids is 1. The predicted octanol–water partition coefficient (Wildman–Crippen LogP) is 2.99. The number of hydrogen-bond acceptors (Lipinski definition) is 7. The summed E-state index contributed by atoms with van der Waals surface area (Å²) in [4.78, 5) is 35.0. The summed E-state index contributed by atoms with van der Waals surface area (Å²) in [5.41, 5.74) is 0.878. The summed E-state index contributed by atoms with van der Waals surface area (Å²) in [6.07, 6.45) is 0. The number of non-ortho nitro benzene ring substituents is 2. The van der Waals surface area contributed by atoms with Gasteiger partial charge in [-0.15, -0.1) is 0 Å². The van der Waals surface area contributed by atoms with Gasteiger partial charge in [0.2, 0.25) is 0 Å². The summed E-state index contributed by atoms with van der Waals surface area (Å²) < 4.78 is 0. The highest BCUT2D eigenvalue weighted by atomic mass is 32.2. The first kappa shape index (κ1) is 19.6. The topological polar surface area (TPSA) is 119 Å². The number of nitrogens with one attached hydrogen (secondary N) is 1. The highest BCUT2D eigenvalue weighted by Crippen LogP contribution is 2.23. The summed E-state index contributed by atoms with van der Waals surface area (Å²) in [5, 5.41) is 24.5. The zero-order valence-electron chi connectivity index (χ0n) is 14.9. The minimum atomic E-state index is -0.762. The van der Waals surface area contributed by atoms with Crippen LogP contribution in [0.3, 0.4) is 0 Å². The van der Waals surface area contributed by atoms with Gasteiger partial charge in [0.05, 0.1) is 21.5 Å². The third-order valence-corrected chi connectivity index (χ3v) is 5.29. The van der Waals surface area contributed by atoms with E-state index in [1.54, 1.807) is 0 Å². The van der Waals surface area contributed by atoms with E-state index in [9.17, 15) is 25.0 Å². The monoisotopic (exact) mass is 402 g/mol. The van der Waals surface area contributed by atoms with Crippen LogP contribution in [0.4, 0.5) is 17.1 Å². The van der Waals surface area contributed by atoms with E-state index in [1.165, 1.54) is 0 Å². The Bertz CT molecular complexity index is 865. The Labute approximate surface area is 165 Å². The van der Waals surface area contributed by atoms with E-state index in [-0.39, 0.29) is 12.1 Å². The van der Waals surface area contributed by atoms with Crippen molar-refractivity contribution in [3.8, 4) is 0 Å². The standard InChI is InChI=1S/C18H18N4O5S/c23-18(14-9-16(21(24)25)11-17(10-14)22(26)27)19-12-13-1-3-15(4-2-13)20-5-7-28-8-6-20/h1-4,9-11H,5-8,12H2,(H,19,23). The van der Waals surface area contributed by atoms with E-state index in [1.807, 2.05) is 36.0 Å². The summed E-state index contributed by atoms with van der Waals surface area (Å²) in [6, 6.07) is 10.7. The Morgan fingerprint density at radius 3 is 2.11 bits per heavy atom. The molecule has 1 heterocycles. The summed E-state index contributed by atoms with van der Waals surface area (Å²) >= 11 is 1.94. The highest BCUT2D eigenvalue weighted by molar-refractivity contribution is 7.99. The van der Waals surface area contributed by atoms with Crippen LogP contribution in [-0.2, 0) is 6.54 Å². The fraction of sp³-hybridized carbons (Fsp3) is 0.278. The minimum Gasteiger partial charge on any atom is -0.370 e. The average molecular weight is 402 g/mol. The molecule has 0 saturated carbocycles. The van der Waals surface area contributed by atoms with Gasteiger partial charge >= 0.3 is 0 Å². The van der Waals surface area contributed by atoms with Crippen molar-refractivity contribution in [3.05, 3.63) is 73.8 Å². The van der Waals surface area contributed by atoms with Gasteiger partial charge < -0.3 is 10.2 Å². The number of thioether (sulfide) groups is 1. The van der Waals surface area contributed by atoms with E-state index in [0.29, 0.717) is 0 Å². The van der Waals surface area contributed by atoms with Crippen molar-refractivity contribution in [2.24, 2.45) is 0 Å². The Kier molecular flexibility index (Phi) is 6.09. The summed E-state index contributed by atoms with van der Waals surface area (Å²) in [6.45, 7) is 2.23. The molecule has 10 heteroatoms. The van der Waals surface area contributed by atoms with E-state index >= 15 is 0 Å². The zero-order chi connectivity index (χ0) is 20.1. The largest absolute Gasteiger partial charge is 0.370 e. The van der Waals surface area contributed by atoms with Gasteiger partial charge in [0.25, 0.3) is 17.3 Å². The lowest BCUT2D eigenvalue weighted by Crippen LogP contribution is -2.32. The number of nitro benzene ring substituents is 2. The molecule has 0 unspecified atom stereocenters. The van der Waals surface area contributed by atoms with Crippen LogP contribution in [0, 0.1) is 20.2 Å². The molecule has 28 heavy (non-hydrogen) atoms. The van der Waals surface area contributed by atoms with Gasteiger partial charge in [0, 0.05) is 49.0 Å². The van der Waals surface area contributed by atoms with Crippen LogP contribution in [-0.4, -0.2) is 40.3 Å². The van der Waals surface area contributed by atoms with Crippen molar-refractivity contribution in [2.75, 3.05) is 29.5 Å². The van der Waals surface area contributed by atoms with Crippen LogP contribution >= 0.6 is 11.8 Å². The van der Waals surface area contributed by atoms with E-state index in [4.69, 9.17) is 0 Å². The molecule has 3 rings (SSSR count). The van der Waals surface area contributed by atoms with Crippen LogP contribution in [0.5, 0.6) is 0 Å². The highest BCUT2D eigenvalue weighted by Gasteiger charge is 2.19. The lowest BCUT2D eigenvalue weighted by molar-refractivity contribution is -0.394. The molecule has 2 aromatic rings. The first-order chi connectivity index (χ1) is 13.4. The maximum atomic E-state index is 12.3. The normalized spacial score (nSPS) is 13.8. The van der Waals surface area contributed by atoms with Gasteiger partial charge in [0.1, 0.15) is 0 Å². The molecule has 146 valence electrons. The molecule has 0 bridgehead atoms. The molecule has 1 amide bonds. The molecule has 2 aromatic carbocycles. The molecular formula is C18H18N4O5S. The molecular weight excluding hydrogens is 384 g/mol. The van der Waals surface area contributed by atoms with Crippen LogP contribution in [0.15, 0.2) is 42.5 Å². The smallest absolute Gasteiger partial charge is 0.277 e. The second-order valence-electron chi connectivity index (χ2n) is 6.20. The molecule has 0 atom stereocenters. The number of nitro groups is 2. The lowest BCUT2D eigenvalue weighted by Gasteiger charge is -2.28. The van der Waals surface area contributed by atoms with E-state index < -0.39 is 27.1 Å². The van der Waals surface area contributed by atoms with Gasteiger partial charge in [-0.25, -0.2) is 0 Å². The molecule has 9 nitrogen and oxygen atoms in total. The second kappa shape index (κ2) is 8.70. The Morgan fingerprint density at radius 2 is 1.57 bits per heavy atom. The number of anilines is 1. The Balaban J connectivity index is 1.66. The Morgan fingerprint density at radius 1 is 1.00 bits per heavy atom. The SMILES string of the molecule is O=C(NCc1ccc(N2CCSCC2)cc1)c1cc([N+](=O)[O-])cc([N+](=O)[O-])c1. The van der Waals surface area contributed by atoms with Crippen molar-refractivity contribution < 1.29 is 14.6 Å². The van der Waals surface area contributed by atoms with Crippen molar-refractivity contribution in [1.29, 1.82) is 0 Å². The molecule has 0 spiro atoms. The fourth-order valence-corrected chi connectivity index (χ4v) is 3.77. The zero-order valence-corrected chi connectivity index (χ0v) is 15.7. The van der Waals surface area contributed by atoms with Gasteiger partial charge in [-0.1, -0.05) is 12.1 Å². The van der Waals surface area contributed by atoms with Crippen molar-refractivity contribution in [1.82, 2.24) is 5.32 Å². The molecule has 1 fully saturated rings. The summed E-state index contributed by atoms with van der Waals surface area (Å²) in [5.74, 6) is 1.60.